The summed E-state index contributed by atoms with van der Waals surface area (Å²) >= 11 is 6.09. The van der Waals surface area contributed by atoms with Crippen LogP contribution in [0.1, 0.15) is 5.82 Å². The summed E-state index contributed by atoms with van der Waals surface area (Å²) in [5.41, 5.74) is 2.27. The van der Waals surface area contributed by atoms with Crippen LogP contribution in [0.15, 0.2) is 36.4 Å². The predicted molar refractivity (Wildman–Crippen MR) is 97.7 cm³/mol. The SMILES string of the molecule is COc1cc(NC(=O)Cn2c(C)nc3ccccc32)c(OC)cc1Cl. The van der Waals surface area contributed by atoms with Crippen molar-refractivity contribution in [3.05, 3.63) is 47.2 Å². The Kier molecular flexibility index (Phi) is 4.81. The molecule has 0 aliphatic heterocycles. The summed E-state index contributed by atoms with van der Waals surface area (Å²) in [6.07, 6.45) is 0. The summed E-state index contributed by atoms with van der Waals surface area (Å²) in [6.45, 7) is 2.01. The molecule has 0 unspecified atom stereocenters. The van der Waals surface area contributed by atoms with E-state index in [1.54, 1.807) is 12.1 Å². The number of ether oxygens (including phenoxy) is 2. The van der Waals surface area contributed by atoms with Crippen molar-refractivity contribution in [3.63, 3.8) is 0 Å². The Morgan fingerprint density at radius 1 is 1.20 bits per heavy atom. The highest BCUT2D eigenvalue weighted by Gasteiger charge is 2.15. The molecule has 1 heterocycles. The molecular formula is C18H18ClN3O3. The molecule has 130 valence electrons. The van der Waals surface area contributed by atoms with Crippen molar-refractivity contribution in [2.45, 2.75) is 13.5 Å². The number of nitrogens with zero attached hydrogens (tertiary/aromatic N) is 2. The van der Waals surface area contributed by atoms with E-state index in [1.165, 1.54) is 14.2 Å². The zero-order valence-corrected chi connectivity index (χ0v) is 14.9. The van der Waals surface area contributed by atoms with Crippen molar-refractivity contribution in [1.29, 1.82) is 0 Å². The van der Waals surface area contributed by atoms with E-state index in [0.29, 0.717) is 22.2 Å². The Balaban J connectivity index is 1.86. The van der Waals surface area contributed by atoms with Crippen LogP contribution in [-0.2, 0) is 11.3 Å². The second-order valence-corrected chi connectivity index (χ2v) is 5.88. The van der Waals surface area contributed by atoms with Gasteiger partial charge in [0.2, 0.25) is 5.91 Å². The molecule has 0 saturated carbocycles. The number of benzene rings is 2. The van der Waals surface area contributed by atoms with Gasteiger partial charge in [0.1, 0.15) is 23.9 Å². The summed E-state index contributed by atoms with van der Waals surface area (Å²) in [4.78, 5) is 17.0. The number of methoxy groups -OCH3 is 2. The van der Waals surface area contributed by atoms with E-state index < -0.39 is 0 Å². The quantitative estimate of drug-likeness (QED) is 0.755. The number of amides is 1. The summed E-state index contributed by atoms with van der Waals surface area (Å²) in [5.74, 6) is 1.50. The lowest BCUT2D eigenvalue weighted by Crippen LogP contribution is -2.20. The lowest BCUT2D eigenvalue weighted by atomic mass is 10.2. The molecule has 0 bridgehead atoms. The summed E-state index contributed by atoms with van der Waals surface area (Å²) in [7, 11) is 3.03. The monoisotopic (exact) mass is 359 g/mol. The van der Waals surface area contributed by atoms with Crippen LogP contribution in [0.4, 0.5) is 5.69 Å². The number of para-hydroxylation sites is 2. The first-order valence-electron chi connectivity index (χ1n) is 7.66. The van der Waals surface area contributed by atoms with E-state index in [9.17, 15) is 4.79 Å². The van der Waals surface area contributed by atoms with E-state index >= 15 is 0 Å². The molecule has 0 atom stereocenters. The summed E-state index contributed by atoms with van der Waals surface area (Å²) in [6, 6.07) is 10.9. The molecule has 1 amide bonds. The summed E-state index contributed by atoms with van der Waals surface area (Å²) in [5, 5.41) is 3.25. The van der Waals surface area contributed by atoms with Crippen LogP contribution in [0.25, 0.3) is 11.0 Å². The standard InChI is InChI=1S/C18H18ClN3O3/c1-11-20-13-6-4-5-7-15(13)22(11)10-18(23)21-14-9-16(24-2)12(19)8-17(14)25-3/h4-9H,10H2,1-3H3,(H,21,23). The molecule has 0 saturated heterocycles. The van der Waals surface area contributed by atoms with Crippen molar-refractivity contribution in [2.24, 2.45) is 0 Å². The van der Waals surface area contributed by atoms with Gasteiger partial charge in [0.25, 0.3) is 0 Å². The topological polar surface area (TPSA) is 65.4 Å². The number of aromatic nitrogens is 2. The number of hydrogen-bond donors (Lipinski definition) is 1. The van der Waals surface area contributed by atoms with Crippen LogP contribution in [0.5, 0.6) is 11.5 Å². The number of carbonyl (C=O) groups is 1. The second kappa shape index (κ2) is 7.03. The number of rotatable bonds is 5. The Morgan fingerprint density at radius 3 is 2.64 bits per heavy atom. The number of fused-ring (bicyclic) bond motifs is 1. The van der Waals surface area contributed by atoms with E-state index in [2.05, 4.69) is 10.3 Å². The number of anilines is 1. The molecular weight excluding hydrogens is 342 g/mol. The van der Waals surface area contributed by atoms with Gasteiger partial charge in [-0.1, -0.05) is 23.7 Å². The maximum atomic E-state index is 12.5. The third-order valence-corrected chi connectivity index (χ3v) is 4.19. The van der Waals surface area contributed by atoms with E-state index in [0.717, 1.165) is 16.9 Å². The highest BCUT2D eigenvalue weighted by Crippen LogP contribution is 2.35. The zero-order chi connectivity index (χ0) is 18.0. The van der Waals surface area contributed by atoms with E-state index in [-0.39, 0.29) is 12.5 Å². The Hall–Kier alpha value is -2.73. The minimum absolute atomic E-state index is 0.139. The fraction of sp³-hybridized carbons (Fsp3) is 0.222. The minimum Gasteiger partial charge on any atom is -0.495 e. The van der Waals surface area contributed by atoms with Gasteiger partial charge < -0.3 is 19.4 Å². The van der Waals surface area contributed by atoms with Crippen molar-refractivity contribution in [3.8, 4) is 11.5 Å². The molecule has 1 aromatic heterocycles. The van der Waals surface area contributed by atoms with Gasteiger partial charge in [-0.15, -0.1) is 0 Å². The van der Waals surface area contributed by atoms with Gasteiger partial charge in [0.05, 0.1) is 36.0 Å². The minimum atomic E-state index is -0.200. The Bertz CT molecular complexity index is 937. The average Bonchev–Trinajstić information content (AvgIpc) is 2.91. The molecule has 0 aliphatic carbocycles. The highest BCUT2D eigenvalue weighted by molar-refractivity contribution is 6.32. The first-order valence-corrected chi connectivity index (χ1v) is 8.04. The lowest BCUT2D eigenvalue weighted by molar-refractivity contribution is -0.116. The molecule has 3 aromatic rings. The molecule has 0 radical (unpaired) electrons. The number of nitrogens with one attached hydrogen (secondary N) is 1. The number of hydrogen-bond acceptors (Lipinski definition) is 4. The van der Waals surface area contributed by atoms with Crippen LogP contribution in [0.2, 0.25) is 5.02 Å². The van der Waals surface area contributed by atoms with Gasteiger partial charge in [-0.25, -0.2) is 4.98 Å². The second-order valence-electron chi connectivity index (χ2n) is 5.47. The van der Waals surface area contributed by atoms with Crippen LogP contribution >= 0.6 is 11.6 Å². The molecule has 1 N–H and O–H groups in total. The Morgan fingerprint density at radius 2 is 1.92 bits per heavy atom. The molecule has 7 heteroatoms. The third kappa shape index (κ3) is 3.39. The van der Waals surface area contributed by atoms with Gasteiger partial charge in [0, 0.05) is 12.1 Å². The molecule has 25 heavy (non-hydrogen) atoms. The zero-order valence-electron chi connectivity index (χ0n) is 14.2. The lowest BCUT2D eigenvalue weighted by Gasteiger charge is -2.14. The molecule has 3 rings (SSSR count). The molecule has 0 aliphatic rings. The largest absolute Gasteiger partial charge is 0.495 e. The number of halogens is 1. The number of aryl methyl sites for hydroxylation is 1. The predicted octanol–water partition coefficient (Wildman–Crippen LogP) is 3.65. The van der Waals surface area contributed by atoms with Crippen molar-refractivity contribution >= 4 is 34.2 Å². The van der Waals surface area contributed by atoms with Gasteiger partial charge in [-0.05, 0) is 19.1 Å². The fourth-order valence-electron chi connectivity index (χ4n) is 2.69. The fourth-order valence-corrected chi connectivity index (χ4v) is 2.92. The Labute approximate surface area is 150 Å². The van der Waals surface area contributed by atoms with Crippen molar-refractivity contribution < 1.29 is 14.3 Å². The maximum Gasteiger partial charge on any atom is 0.244 e. The molecule has 6 nitrogen and oxygen atoms in total. The van der Waals surface area contributed by atoms with Crippen LogP contribution in [0.3, 0.4) is 0 Å². The van der Waals surface area contributed by atoms with Crippen LogP contribution < -0.4 is 14.8 Å². The van der Waals surface area contributed by atoms with Crippen LogP contribution in [-0.4, -0.2) is 29.7 Å². The van der Waals surface area contributed by atoms with E-state index in [4.69, 9.17) is 21.1 Å². The van der Waals surface area contributed by atoms with Crippen molar-refractivity contribution in [1.82, 2.24) is 9.55 Å². The van der Waals surface area contributed by atoms with Gasteiger partial charge in [0.15, 0.2) is 0 Å². The summed E-state index contributed by atoms with van der Waals surface area (Å²) < 4.78 is 12.3. The third-order valence-electron chi connectivity index (χ3n) is 3.90. The normalized spacial score (nSPS) is 10.7. The smallest absolute Gasteiger partial charge is 0.244 e. The van der Waals surface area contributed by atoms with E-state index in [1.807, 2.05) is 35.8 Å². The first-order chi connectivity index (χ1) is 12.0. The number of carbonyl (C=O) groups excluding carboxylic acids is 1. The first kappa shape index (κ1) is 17.1. The van der Waals surface area contributed by atoms with Crippen molar-refractivity contribution in [2.75, 3.05) is 19.5 Å². The average molecular weight is 360 g/mol. The highest BCUT2D eigenvalue weighted by atomic mass is 35.5. The molecule has 2 aromatic carbocycles. The van der Waals surface area contributed by atoms with Gasteiger partial charge >= 0.3 is 0 Å². The maximum absolute atomic E-state index is 12.5. The van der Waals surface area contributed by atoms with Gasteiger partial charge in [-0.3, -0.25) is 4.79 Å². The van der Waals surface area contributed by atoms with Crippen LogP contribution in [0, 0.1) is 6.92 Å². The van der Waals surface area contributed by atoms with Gasteiger partial charge in [-0.2, -0.15) is 0 Å². The molecule has 0 spiro atoms. The molecule has 0 fully saturated rings. The number of imidazole rings is 1.